The molecule has 0 bridgehead atoms. The topological polar surface area (TPSA) is 80.3 Å². The Morgan fingerprint density at radius 2 is 1.92 bits per heavy atom. The molecule has 0 aliphatic heterocycles. The van der Waals surface area contributed by atoms with Gasteiger partial charge in [-0.25, -0.2) is 9.78 Å². The first-order valence-corrected chi connectivity index (χ1v) is 9.56. The van der Waals surface area contributed by atoms with Crippen LogP contribution in [0.3, 0.4) is 0 Å². The number of hydrogen-bond acceptors (Lipinski definition) is 5. The molecule has 6 nitrogen and oxygen atoms in total. The maximum atomic E-state index is 12.2. The van der Waals surface area contributed by atoms with Crippen molar-refractivity contribution in [3.63, 3.8) is 0 Å². The Morgan fingerprint density at radius 3 is 2.54 bits per heavy atom. The summed E-state index contributed by atoms with van der Waals surface area (Å²) in [6, 6.07) is 4.24. The fourth-order valence-electron chi connectivity index (χ4n) is 2.98. The zero-order chi connectivity index (χ0) is 19.0. The molecule has 0 aromatic carbocycles. The fourth-order valence-corrected chi connectivity index (χ4v) is 2.98. The summed E-state index contributed by atoms with van der Waals surface area (Å²) in [5.41, 5.74) is 0.147. The molecule has 0 unspecified atom stereocenters. The summed E-state index contributed by atoms with van der Waals surface area (Å²) < 4.78 is 5.16. The summed E-state index contributed by atoms with van der Waals surface area (Å²) in [5.74, 6) is 0.928. The molecular formula is C20H31N3O3. The van der Waals surface area contributed by atoms with Gasteiger partial charge in [0.2, 0.25) is 0 Å². The number of nitrogens with zero attached hydrogens (tertiary/aromatic N) is 1. The van der Waals surface area contributed by atoms with E-state index in [1.165, 1.54) is 25.7 Å². The van der Waals surface area contributed by atoms with E-state index in [9.17, 15) is 9.59 Å². The van der Waals surface area contributed by atoms with Gasteiger partial charge in [-0.05, 0) is 58.6 Å². The number of nitrogens with one attached hydrogen (secondary N) is 2. The molecule has 6 heteroatoms. The highest BCUT2D eigenvalue weighted by Gasteiger charge is 2.16. The van der Waals surface area contributed by atoms with Crippen LogP contribution in [0.5, 0.6) is 0 Å². The van der Waals surface area contributed by atoms with Gasteiger partial charge in [0.05, 0.1) is 0 Å². The number of alkyl carbamates (subject to hydrolysis) is 1. The van der Waals surface area contributed by atoms with E-state index in [-0.39, 0.29) is 5.78 Å². The molecule has 144 valence electrons. The SMILES string of the molecule is CC(C)(C)OC(=O)NCCCCC(=O)c1ccc(NC2CCCC2)nc1. The van der Waals surface area contributed by atoms with Gasteiger partial charge >= 0.3 is 6.09 Å². The highest BCUT2D eigenvalue weighted by Crippen LogP contribution is 2.21. The van der Waals surface area contributed by atoms with E-state index >= 15 is 0 Å². The highest BCUT2D eigenvalue weighted by molar-refractivity contribution is 5.95. The number of carbonyl (C=O) groups excluding carboxylic acids is 2. The summed E-state index contributed by atoms with van der Waals surface area (Å²) in [6.45, 7) is 5.99. The van der Waals surface area contributed by atoms with Crippen molar-refractivity contribution in [3.8, 4) is 0 Å². The third kappa shape index (κ3) is 7.42. The number of rotatable bonds is 8. The third-order valence-corrected chi connectivity index (χ3v) is 4.29. The summed E-state index contributed by atoms with van der Waals surface area (Å²) in [7, 11) is 0. The minimum atomic E-state index is -0.494. The largest absolute Gasteiger partial charge is 0.444 e. The maximum absolute atomic E-state index is 12.2. The molecule has 0 radical (unpaired) electrons. The van der Waals surface area contributed by atoms with Crippen LogP contribution in [0.4, 0.5) is 10.6 Å². The Morgan fingerprint density at radius 1 is 1.19 bits per heavy atom. The molecule has 1 saturated carbocycles. The van der Waals surface area contributed by atoms with E-state index < -0.39 is 11.7 Å². The van der Waals surface area contributed by atoms with Gasteiger partial charge in [-0.1, -0.05) is 12.8 Å². The standard InChI is InChI=1S/C20H31N3O3/c1-20(2,3)26-19(25)21-13-7-6-10-17(24)15-11-12-18(22-14-15)23-16-8-4-5-9-16/h11-12,14,16H,4-10,13H2,1-3H3,(H,21,25)(H,22,23). The minimum absolute atomic E-state index is 0.0854. The number of hydrogen-bond donors (Lipinski definition) is 2. The molecule has 1 aliphatic carbocycles. The van der Waals surface area contributed by atoms with Crippen LogP contribution < -0.4 is 10.6 Å². The molecule has 2 N–H and O–H groups in total. The summed E-state index contributed by atoms with van der Waals surface area (Å²) >= 11 is 0. The van der Waals surface area contributed by atoms with Crippen molar-refractivity contribution >= 4 is 17.7 Å². The Labute approximate surface area is 156 Å². The Kier molecular flexibility index (Phi) is 7.42. The highest BCUT2D eigenvalue weighted by atomic mass is 16.6. The summed E-state index contributed by atoms with van der Waals surface area (Å²) in [5, 5.41) is 6.12. The van der Waals surface area contributed by atoms with Crippen LogP contribution in [0.2, 0.25) is 0 Å². The molecule has 1 amide bonds. The van der Waals surface area contributed by atoms with E-state index in [0.717, 1.165) is 18.7 Å². The number of amides is 1. The van der Waals surface area contributed by atoms with Crippen molar-refractivity contribution in [1.82, 2.24) is 10.3 Å². The number of unbranched alkanes of at least 4 members (excludes halogenated alkanes) is 1. The van der Waals surface area contributed by atoms with Gasteiger partial charge in [0.15, 0.2) is 5.78 Å². The van der Waals surface area contributed by atoms with E-state index in [1.54, 1.807) is 6.20 Å². The maximum Gasteiger partial charge on any atom is 0.407 e. The van der Waals surface area contributed by atoms with Gasteiger partial charge < -0.3 is 15.4 Å². The number of ketones is 1. The van der Waals surface area contributed by atoms with E-state index in [1.807, 2.05) is 32.9 Å². The lowest BCUT2D eigenvalue weighted by Gasteiger charge is -2.19. The monoisotopic (exact) mass is 361 g/mol. The molecule has 1 fully saturated rings. The second-order valence-electron chi connectivity index (χ2n) is 7.87. The molecule has 1 aromatic rings. The van der Waals surface area contributed by atoms with Crippen molar-refractivity contribution in [3.05, 3.63) is 23.9 Å². The van der Waals surface area contributed by atoms with Gasteiger partial charge in [0.25, 0.3) is 0 Å². The summed E-state index contributed by atoms with van der Waals surface area (Å²) in [4.78, 5) is 28.1. The average molecular weight is 361 g/mol. The quantitative estimate of drug-likeness (QED) is 0.532. The predicted octanol–water partition coefficient (Wildman–Crippen LogP) is 4.31. The fraction of sp³-hybridized carbons (Fsp3) is 0.650. The van der Waals surface area contributed by atoms with Crippen LogP contribution in [0.15, 0.2) is 18.3 Å². The number of Topliss-reactive ketones (excluding diaryl/α,β-unsaturated/α-hetero) is 1. The minimum Gasteiger partial charge on any atom is -0.444 e. The van der Waals surface area contributed by atoms with Gasteiger partial charge in [-0.15, -0.1) is 0 Å². The van der Waals surface area contributed by atoms with E-state index in [2.05, 4.69) is 15.6 Å². The normalized spacial score (nSPS) is 14.9. The lowest BCUT2D eigenvalue weighted by molar-refractivity contribution is 0.0527. The zero-order valence-corrected chi connectivity index (χ0v) is 16.1. The molecule has 0 atom stereocenters. The summed E-state index contributed by atoms with van der Waals surface area (Å²) in [6.07, 6.45) is 8.08. The van der Waals surface area contributed by atoms with E-state index in [4.69, 9.17) is 4.74 Å². The lowest BCUT2D eigenvalue weighted by Crippen LogP contribution is -2.33. The van der Waals surface area contributed by atoms with Crippen LogP contribution >= 0.6 is 0 Å². The first kappa shape index (κ1) is 20.2. The van der Waals surface area contributed by atoms with Gasteiger partial charge in [-0.2, -0.15) is 0 Å². The van der Waals surface area contributed by atoms with Gasteiger partial charge in [0.1, 0.15) is 11.4 Å². The first-order valence-electron chi connectivity index (χ1n) is 9.56. The molecule has 1 aliphatic rings. The molecule has 1 aromatic heterocycles. The number of ether oxygens (including phenoxy) is 1. The zero-order valence-electron chi connectivity index (χ0n) is 16.1. The lowest BCUT2D eigenvalue weighted by atomic mass is 10.1. The van der Waals surface area contributed by atoms with Crippen LogP contribution in [0.1, 0.15) is 76.1 Å². The number of anilines is 1. The van der Waals surface area contributed by atoms with Crippen LogP contribution in [0.25, 0.3) is 0 Å². The van der Waals surface area contributed by atoms with Crippen LogP contribution in [-0.2, 0) is 4.74 Å². The smallest absolute Gasteiger partial charge is 0.407 e. The molecule has 0 saturated heterocycles. The third-order valence-electron chi connectivity index (χ3n) is 4.29. The molecule has 0 spiro atoms. The Bertz CT molecular complexity index is 587. The van der Waals surface area contributed by atoms with Crippen molar-refractivity contribution in [2.24, 2.45) is 0 Å². The van der Waals surface area contributed by atoms with Crippen molar-refractivity contribution < 1.29 is 14.3 Å². The second kappa shape index (κ2) is 9.55. The van der Waals surface area contributed by atoms with Crippen LogP contribution in [0, 0.1) is 0 Å². The van der Waals surface area contributed by atoms with E-state index in [0.29, 0.717) is 24.6 Å². The Balaban J connectivity index is 1.64. The first-order chi connectivity index (χ1) is 12.3. The molecule has 26 heavy (non-hydrogen) atoms. The van der Waals surface area contributed by atoms with Gasteiger partial charge in [0, 0.05) is 30.8 Å². The molecule has 1 heterocycles. The number of carbonyl (C=O) groups is 2. The van der Waals surface area contributed by atoms with Gasteiger partial charge in [-0.3, -0.25) is 4.79 Å². The Hall–Kier alpha value is -2.11. The van der Waals surface area contributed by atoms with Crippen molar-refractivity contribution in [2.75, 3.05) is 11.9 Å². The predicted molar refractivity (Wildman–Crippen MR) is 103 cm³/mol. The van der Waals surface area contributed by atoms with Crippen molar-refractivity contribution in [1.29, 1.82) is 0 Å². The average Bonchev–Trinajstić information content (AvgIpc) is 3.06. The molecular weight excluding hydrogens is 330 g/mol. The second-order valence-corrected chi connectivity index (χ2v) is 7.87. The van der Waals surface area contributed by atoms with Crippen molar-refractivity contribution in [2.45, 2.75) is 77.4 Å². The van der Waals surface area contributed by atoms with Crippen LogP contribution in [-0.4, -0.2) is 35.0 Å². The number of pyridine rings is 1. The number of aromatic nitrogens is 1. The molecule has 2 rings (SSSR count).